The zero-order valence-electron chi connectivity index (χ0n) is 10.8. The van der Waals surface area contributed by atoms with Gasteiger partial charge in [0.2, 0.25) is 0 Å². The largest absolute Gasteiger partial charge is 0.334 e. The number of hydrogen-bond acceptors (Lipinski definition) is 0. The maximum absolute atomic E-state index is 6.16. The summed E-state index contributed by atoms with van der Waals surface area (Å²) in [5.41, 5.74) is 0. The fourth-order valence-electron chi connectivity index (χ4n) is 3.82. The van der Waals surface area contributed by atoms with Gasteiger partial charge in [0.05, 0.1) is 19.6 Å². The van der Waals surface area contributed by atoms with Crippen LogP contribution in [0.25, 0.3) is 0 Å². The monoisotopic (exact) mass is 244 g/mol. The van der Waals surface area contributed by atoms with Crippen molar-refractivity contribution >= 4 is 11.6 Å². The Kier molecular flexibility index (Phi) is 4.55. The molecule has 1 aliphatic heterocycles. The lowest BCUT2D eigenvalue weighted by molar-refractivity contribution is -0.915. The number of quaternary nitrogens is 1. The molecule has 1 heterocycles. The molecule has 2 fully saturated rings. The van der Waals surface area contributed by atoms with Crippen molar-refractivity contribution < 1.29 is 4.90 Å². The molecule has 16 heavy (non-hydrogen) atoms. The van der Waals surface area contributed by atoms with Crippen molar-refractivity contribution in [1.82, 2.24) is 0 Å². The van der Waals surface area contributed by atoms with E-state index in [0.717, 1.165) is 17.8 Å². The molecule has 2 rings (SSSR count). The average Bonchev–Trinajstić information content (AvgIpc) is 2.20. The van der Waals surface area contributed by atoms with E-state index in [0.29, 0.717) is 5.38 Å². The van der Waals surface area contributed by atoms with E-state index in [9.17, 15) is 0 Å². The molecular formula is C14H27ClN+. The third-order valence-electron chi connectivity index (χ3n) is 4.43. The van der Waals surface area contributed by atoms with Crippen LogP contribution in [0.3, 0.4) is 0 Å². The highest BCUT2D eigenvalue weighted by Crippen LogP contribution is 2.26. The van der Waals surface area contributed by atoms with Gasteiger partial charge in [0.1, 0.15) is 0 Å². The van der Waals surface area contributed by atoms with Gasteiger partial charge in [0.15, 0.2) is 0 Å². The molecule has 0 radical (unpaired) electrons. The van der Waals surface area contributed by atoms with Gasteiger partial charge in [-0.15, -0.1) is 11.6 Å². The van der Waals surface area contributed by atoms with Gasteiger partial charge in [0.25, 0.3) is 0 Å². The first-order valence-electron chi connectivity index (χ1n) is 7.11. The predicted molar refractivity (Wildman–Crippen MR) is 70.1 cm³/mol. The number of hydrogen-bond donors (Lipinski definition) is 1. The first-order chi connectivity index (χ1) is 7.63. The molecule has 1 aliphatic carbocycles. The Bertz CT molecular complexity index is 201. The zero-order valence-corrected chi connectivity index (χ0v) is 11.6. The first kappa shape index (κ1) is 12.7. The van der Waals surface area contributed by atoms with Gasteiger partial charge >= 0.3 is 0 Å². The van der Waals surface area contributed by atoms with Crippen LogP contribution in [0.4, 0.5) is 0 Å². The van der Waals surface area contributed by atoms with Crippen LogP contribution in [-0.4, -0.2) is 25.0 Å². The highest BCUT2D eigenvalue weighted by Gasteiger charge is 2.29. The minimum Gasteiger partial charge on any atom is -0.334 e. The second kappa shape index (κ2) is 5.73. The molecule has 0 aromatic carbocycles. The van der Waals surface area contributed by atoms with Crippen molar-refractivity contribution in [1.29, 1.82) is 0 Å². The smallest absolute Gasteiger partial charge is 0.0799 e. The average molecular weight is 245 g/mol. The maximum atomic E-state index is 6.16. The molecule has 1 saturated carbocycles. The third kappa shape index (κ3) is 3.63. The van der Waals surface area contributed by atoms with Crippen LogP contribution in [0.5, 0.6) is 0 Å². The van der Waals surface area contributed by atoms with Crippen LogP contribution < -0.4 is 4.90 Å². The SMILES string of the molecule is CC1CC(C)C[NH+](CC2CCC(Cl)CC2)C1. The Labute approximate surface area is 106 Å². The molecule has 0 aromatic heterocycles. The Balaban J connectivity index is 1.76. The summed E-state index contributed by atoms with van der Waals surface area (Å²) in [6.45, 7) is 9.07. The van der Waals surface area contributed by atoms with Crippen LogP contribution in [0, 0.1) is 17.8 Å². The van der Waals surface area contributed by atoms with Crippen molar-refractivity contribution in [2.75, 3.05) is 19.6 Å². The molecule has 1 nitrogen and oxygen atoms in total. The summed E-state index contributed by atoms with van der Waals surface area (Å²) >= 11 is 6.16. The van der Waals surface area contributed by atoms with E-state index in [1.807, 2.05) is 4.90 Å². The van der Waals surface area contributed by atoms with Gasteiger partial charge in [-0.2, -0.15) is 0 Å². The van der Waals surface area contributed by atoms with E-state index >= 15 is 0 Å². The van der Waals surface area contributed by atoms with Crippen molar-refractivity contribution in [3.05, 3.63) is 0 Å². The maximum Gasteiger partial charge on any atom is 0.0799 e. The van der Waals surface area contributed by atoms with Gasteiger partial charge in [-0.05, 0) is 32.1 Å². The third-order valence-corrected chi connectivity index (χ3v) is 4.87. The van der Waals surface area contributed by atoms with Gasteiger partial charge in [0, 0.05) is 23.1 Å². The second-order valence-electron chi connectivity index (χ2n) is 6.43. The van der Waals surface area contributed by atoms with E-state index in [2.05, 4.69) is 13.8 Å². The number of nitrogens with one attached hydrogen (secondary N) is 1. The lowest BCUT2D eigenvalue weighted by atomic mass is 9.86. The lowest BCUT2D eigenvalue weighted by Gasteiger charge is -2.35. The molecule has 0 aromatic rings. The van der Waals surface area contributed by atoms with E-state index in [4.69, 9.17) is 11.6 Å². The summed E-state index contributed by atoms with van der Waals surface area (Å²) in [6.07, 6.45) is 6.70. The minimum absolute atomic E-state index is 0.477. The quantitative estimate of drug-likeness (QED) is 0.712. The molecule has 0 amide bonds. The van der Waals surface area contributed by atoms with Crippen LogP contribution in [-0.2, 0) is 0 Å². The Morgan fingerprint density at radius 3 is 2.12 bits per heavy atom. The number of alkyl halides is 1. The summed E-state index contributed by atoms with van der Waals surface area (Å²) in [5.74, 6) is 2.83. The molecule has 2 heteroatoms. The molecular weight excluding hydrogens is 218 g/mol. The highest BCUT2D eigenvalue weighted by molar-refractivity contribution is 6.20. The molecule has 2 unspecified atom stereocenters. The standard InChI is InChI=1S/C14H26ClN/c1-11-7-12(2)9-16(8-11)10-13-3-5-14(15)6-4-13/h11-14H,3-10H2,1-2H3/p+1. The topological polar surface area (TPSA) is 4.44 Å². The summed E-state index contributed by atoms with van der Waals surface area (Å²) in [6, 6.07) is 0. The summed E-state index contributed by atoms with van der Waals surface area (Å²) in [4.78, 5) is 1.87. The molecule has 0 spiro atoms. The van der Waals surface area contributed by atoms with E-state index in [1.54, 1.807) is 0 Å². The van der Waals surface area contributed by atoms with E-state index in [1.165, 1.54) is 51.7 Å². The van der Waals surface area contributed by atoms with E-state index < -0.39 is 0 Å². The normalized spacial score (nSPS) is 45.6. The summed E-state index contributed by atoms with van der Waals surface area (Å²) in [7, 11) is 0. The van der Waals surface area contributed by atoms with Crippen molar-refractivity contribution in [2.45, 2.75) is 51.3 Å². The first-order valence-corrected chi connectivity index (χ1v) is 7.54. The lowest BCUT2D eigenvalue weighted by Crippen LogP contribution is -3.15. The van der Waals surface area contributed by atoms with Gasteiger partial charge in [-0.25, -0.2) is 0 Å². The van der Waals surface area contributed by atoms with E-state index in [-0.39, 0.29) is 0 Å². The van der Waals surface area contributed by atoms with Crippen LogP contribution >= 0.6 is 11.6 Å². The van der Waals surface area contributed by atoms with Crippen LogP contribution in [0.1, 0.15) is 46.0 Å². The molecule has 1 N–H and O–H groups in total. The Hall–Kier alpha value is 0.250. The zero-order chi connectivity index (χ0) is 11.5. The Morgan fingerprint density at radius 2 is 1.56 bits per heavy atom. The van der Waals surface area contributed by atoms with Crippen molar-refractivity contribution in [3.63, 3.8) is 0 Å². The fourth-order valence-corrected chi connectivity index (χ4v) is 4.08. The fraction of sp³-hybridized carbons (Fsp3) is 1.00. The van der Waals surface area contributed by atoms with Crippen LogP contribution in [0.15, 0.2) is 0 Å². The summed E-state index contributed by atoms with van der Waals surface area (Å²) < 4.78 is 0. The van der Waals surface area contributed by atoms with Gasteiger partial charge < -0.3 is 4.90 Å². The molecule has 2 atom stereocenters. The number of halogens is 1. The minimum atomic E-state index is 0.477. The van der Waals surface area contributed by atoms with Crippen molar-refractivity contribution in [3.8, 4) is 0 Å². The number of piperidine rings is 1. The summed E-state index contributed by atoms with van der Waals surface area (Å²) in [5, 5.41) is 0.477. The van der Waals surface area contributed by atoms with Gasteiger partial charge in [-0.3, -0.25) is 0 Å². The second-order valence-corrected chi connectivity index (χ2v) is 7.04. The molecule has 94 valence electrons. The molecule has 2 aliphatic rings. The molecule has 1 saturated heterocycles. The predicted octanol–water partition coefficient (Wildman–Crippen LogP) is 2.34. The van der Waals surface area contributed by atoms with Crippen molar-refractivity contribution in [2.24, 2.45) is 17.8 Å². The van der Waals surface area contributed by atoms with Crippen LogP contribution in [0.2, 0.25) is 0 Å². The molecule has 0 bridgehead atoms. The highest BCUT2D eigenvalue weighted by atomic mass is 35.5. The number of likely N-dealkylation sites (tertiary alicyclic amines) is 1. The van der Waals surface area contributed by atoms with Gasteiger partial charge in [-0.1, -0.05) is 13.8 Å². The Morgan fingerprint density at radius 1 is 1.00 bits per heavy atom. The number of rotatable bonds is 2.